The Morgan fingerprint density at radius 3 is 2.33 bits per heavy atom. The van der Waals surface area contributed by atoms with Crippen LogP contribution in [0.5, 0.6) is 5.75 Å². The van der Waals surface area contributed by atoms with Crippen molar-refractivity contribution < 1.29 is 24.4 Å². The number of ether oxygens (including phenoxy) is 1. The van der Waals surface area contributed by atoms with E-state index >= 15 is 0 Å². The second kappa shape index (κ2) is 7.81. The lowest BCUT2D eigenvalue weighted by Gasteiger charge is -2.32. The van der Waals surface area contributed by atoms with Crippen molar-refractivity contribution in [3.63, 3.8) is 0 Å². The highest BCUT2D eigenvalue weighted by atomic mass is 16.6. The molecule has 1 amide bonds. The number of amides is 1. The summed E-state index contributed by atoms with van der Waals surface area (Å²) in [5.74, 6) is -0.951. The summed E-state index contributed by atoms with van der Waals surface area (Å²) in [6.45, 7) is 0.908. The Morgan fingerprint density at radius 1 is 1.11 bits per heavy atom. The molecule has 1 aromatic heterocycles. The van der Waals surface area contributed by atoms with E-state index in [0.29, 0.717) is 31.7 Å². The molecule has 0 aliphatic carbocycles. The molecule has 0 unspecified atom stereocenters. The number of aromatic carboxylic acids is 1. The zero-order chi connectivity index (χ0) is 19.4. The highest BCUT2D eigenvalue weighted by Crippen LogP contribution is 2.22. The summed E-state index contributed by atoms with van der Waals surface area (Å²) < 4.78 is 5.82. The molecule has 0 atom stereocenters. The summed E-state index contributed by atoms with van der Waals surface area (Å²) in [5.41, 5.74) is -0.0688. The lowest BCUT2D eigenvalue weighted by atomic mass is 10.1. The van der Waals surface area contributed by atoms with Crippen LogP contribution in [0.25, 0.3) is 0 Å². The first-order chi connectivity index (χ1) is 12.9. The van der Waals surface area contributed by atoms with E-state index in [2.05, 4.69) is 4.98 Å². The molecule has 0 spiro atoms. The Bertz CT molecular complexity index is 860. The van der Waals surface area contributed by atoms with E-state index in [1.54, 1.807) is 17.0 Å². The Kier molecular flexibility index (Phi) is 5.30. The number of likely N-dealkylation sites (tertiary alicyclic amines) is 1. The summed E-state index contributed by atoms with van der Waals surface area (Å²) >= 11 is 0. The summed E-state index contributed by atoms with van der Waals surface area (Å²) in [5, 5.41) is 19.6. The molecule has 2 heterocycles. The number of rotatable bonds is 5. The standard InChI is InChI=1S/C18H17N3O6/c22-17(15-2-1-3-16(19-15)18(23)24)20-10-8-14(9-11-20)27-13-6-4-12(5-7-13)21(25)26/h1-7,14H,8-11H2,(H,23,24). The zero-order valence-corrected chi connectivity index (χ0v) is 14.3. The molecular weight excluding hydrogens is 354 g/mol. The van der Waals surface area contributed by atoms with E-state index < -0.39 is 10.9 Å². The number of hydrogen-bond acceptors (Lipinski definition) is 6. The van der Waals surface area contributed by atoms with Gasteiger partial charge in [0.2, 0.25) is 0 Å². The van der Waals surface area contributed by atoms with Gasteiger partial charge in [-0.05, 0) is 24.3 Å². The lowest BCUT2D eigenvalue weighted by molar-refractivity contribution is -0.384. The molecule has 0 bridgehead atoms. The molecule has 1 aliphatic rings. The van der Waals surface area contributed by atoms with E-state index in [1.165, 1.54) is 30.3 Å². The molecule has 2 aromatic rings. The number of carboxylic acids is 1. The van der Waals surface area contributed by atoms with Crippen LogP contribution < -0.4 is 4.74 Å². The van der Waals surface area contributed by atoms with Crippen LogP contribution in [-0.2, 0) is 0 Å². The number of pyridine rings is 1. The molecule has 9 heteroatoms. The molecule has 1 fully saturated rings. The summed E-state index contributed by atoms with van der Waals surface area (Å²) in [6, 6.07) is 10.2. The van der Waals surface area contributed by atoms with Gasteiger partial charge in [-0.15, -0.1) is 0 Å². The van der Waals surface area contributed by atoms with E-state index in [4.69, 9.17) is 9.84 Å². The largest absolute Gasteiger partial charge is 0.490 e. The van der Waals surface area contributed by atoms with Crippen LogP contribution in [0.3, 0.4) is 0 Å². The van der Waals surface area contributed by atoms with E-state index in [0.717, 1.165) is 0 Å². The Hall–Kier alpha value is -3.49. The van der Waals surface area contributed by atoms with Gasteiger partial charge in [0.05, 0.1) is 4.92 Å². The number of nitrogens with zero attached hydrogens (tertiary/aromatic N) is 3. The third-order valence-electron chi connectivity index (χ3n) is 4.27. The fraction of sp³-hybridized carbons (Fsp3) is 0.278. The van der Waals surface area contributed by atoms with Gasteiger partial charge in [-0.3, -0.25) is 14.9 Å². The van der Waals surface area contributed by atoms with E-state index in [-0.39, 0.29) is 29.1 Å². The predicted molar refractivity (Wildman–Crippen MR) is 93.8 cm³/mol. The third-order valence-corrected chi connectivity index (χ3v) is 4.27. The Labute approximate surface area is 154 Å². The van der Waals surface area contributed by atoms with Crippen LogP contribution in [0.15, 0.2) is 42.5 Å². The van der Waals surface area contributed by atoms with Crippen LogP contribution in [0.4, 0.5) is 5.69 Å². The number of nitro benzene ring substituents is 1. The van der Waals surface area contributed by atoms with Crippen molar-refractivity contribution in [3.8, 4) is 5.75 Å². The number of benzene rings is 1. The highest BCUT2D eigenvalue weighted by molar-refractivity contribution is 5.94. The van der Waals surface area contributed by atoms with Crippen molar-refractivity contribution in [1.82, 2.24) is 9.88 Å². The van der Waals surface area contributed by atoms with Crippen molar-refractivity contribution in [2.45, 2.75) is 18.9 Å². The first-order valence-corrected chi connectivity index (χ1v) is 8.35. The van der Waals surface area contributed by atoms with E-state index in [1.807, 2.05) is 0 Å². The van der Waals surface area contributed by atoms with Gasteiger partial charge in [-0.25, -0.2) is 9.78 Å². The lowest BCUT2D eigenvalue weighted by Crippen LogP contribution is -2.42. The molecule has 1 aliphatic heterocycles. The van der Waals surface area contributed by atoms with Crippen LogP contribution in [0, 0.1) is 10.1 Å². The normalized spacial score (nSPS) is 14.6. The van der Waals surface area contributed by atoms with Crippen molar-refractivity contribution in [2.75, 3.05) is 13.1 Å². The minimum atomic E-state index is -1.18. The average Bonchev–Trinajstić information content (AvgIpc) is 2.68. The Morgan fingerprint density at radius 2 is 1.74 bits per heavy atom. The van der Waals surface area contributed by atoms with Crippen LogP contribution in [-0.4, -0.2) is 51.0 Å². The van der Waals surface area contributed by atoms with Gasteiger partial charge in [-0.1, -0.05) is 6.07 Å². The number of piperidine rings is 1. The maximum absolute atomic E-state index is 12.5. The van der Waals surface area contributed by atoms with Gasteiger partial charge in [0.15, 0.2) is 0 Å². The second-order valence-electron chi connectivity index (χ2n) is 6.07. The van der Waals surface area contributed by atoms with Gasteiger partial charge in [0.25, 0.3) is 11.6 Å². The molecule has 27 heavy (non-hydrogen) atoms. The van der Waals surface area contributed by atoms with Gasteiger partial charge >= 0.3 is 5.97 Å². The SMILES string of the molecule is O=C(O)c1cccc(C(=O)N2CCC(Oc3ccc([N+](=O)[O-])cc3)CC2)n1. The number of carbonyl (C=O) groups excluding carboxylic acids is 1. The number of hydrogen-bond donors (Lipinski definition) is 1. The molecule has 1 aromatic carbocycles. The Balaban J connectivity index is 1.56. The van der Waals surface area contributed by atoms with Crippen LogP contribution >= 0.6 is 0 Å². The van der Waals surface area contributed by atoms with Crippen LogP contribution in [0.2, 0.25) is 0 Å². The van der Waals surface area contributed by atoms with Crippen molar-refractivity contribution in [3.05, 3.63) is 64.0 Å². The number of nitro groups is 1. The topological polar surface area (TPSA) is 123 Å². The smallest absolute Gasteiger partial charge is 0.354 e. The van der Waals surface area contributed by atoms with E-state index in [9.17, 15) is 19.7 Å². The molecule has 1 saturated heterocycles. The average molecular weight is 371 g/mol. The highest BCUT2D eigenvalue weighted by Gasteiger charge is 2.26. The quantitative estimate of drug-likeness (QED) is 0.632. The minimum Gasteiger partial charge on any atom is -0.490 e. The summed E-state index contributed by atoms with van der Waals surface area (Å²) in [6.07, 6.45) is 1.09. The molecule has 0 radical (unpaired) electrons. The van der Waals surface area contributed by atoms with Gasteiger partial charge in [0.1, 0.15) is 23.2 Å². The molecule has 3 rings (SSSR count). The summed E-state index contributed by atoms with van der Waals surface area (Å²) in [4.78, 5) is 39.2. The third kappa shape index (κ3) is 4.38. The van der Waals surface area contributed by atoms with Gasteiger partial charge in [-0.2, -0.15) is 0 Å². The fourth-order valence-electron chi connectivity index (χ4n) is 2.85. The number of carbonyl (C=O) groups is 2. The maximum atomic E-state index is 12.5. The van der Waals surface area contributed by atoms with Crippen LogP contribution in [0.1, 0.15) is 33.8 Å². The fourth-order valence-corrected chi connectivity index (χ4v) is 2.85. The molecular formula is C18H17N3O6. The zero-order valence-electron chi connectivity index (χ0n) is 14.3. The van der Waals surface area contributed by atoms with Crippen molar-refractivity contribution in [2.24, 2.45) is 0 Å². The monoisotopic (exact) mass is 371 g/mol. The number of aromatic nitrogens is 1. The molecule has 140 valence electrons. The second-order valence-corrected chi connectivity index (χ2v) is 6.07. The number of carboxylic acid groups (broad SMARTS) is 1. The first kappa shape index (κ1) is 18.3. The maximum Gasteiger partial charge on any atom is 0.354 e. The van der Waals surface area contributed by atoms with Gasteiger partial charge < -0.3 is 14.7 Å². The molecule has 1 N–H and O–H groups in total. The van der Waals surface area contributed by atoms with Crippen molar-refractivity contribution >= 4 is 17.6 Å². The minimum absolute atomic E-state index is 0.00106. The first-order valence-electron chi connectivity index (χ1n) is 8.35. The summed E-state index contributed by atoms with van der Waals surface area (Å²) in [7, 11) is 0. The predicted octanol–water partition coefficient (Wildman–Crippen LogP) is 2.37. The molecule has 9 nitrogen and oxygen atoms in total. The number of non-ortho nitro benzene ring substituents is 1. The van der Waals surface area contributed by atoms with Gasteiger partial charge in [0, 0.05) is 38.1 Å². The molecule has 0 saturated carbocycles. The van der Waals surface area contributed by atoms with Crippen molar-refractivity contribution in [1.29, 1.82) is 0 Å².